The average Bonchev–Trinajstić information content (AvgIpc) is 3.24. The van der Waals surface area contributed by atoms with E-state index in [1.165, 1.54) is 12.8 Å². The summed E-state index contributed by atoms with van der Waals surface area (Å²) in [5.74, 6) is 0.938. The molecule has 1 saturated carbocycles. The molecule has 4 heteroatoms. The van der Waals surface area contributed by atoms with E-state index < -0.39 is 0 Å². The molecule has 0 bridgehead atoms. The van der Waals surface area contributed by atoms with Crippen LogP contribution in [0.25, 0.3) is 0 Å². The number of fused-ring (bicyclic) bond motifs is 1. The van der Waals surface area contributed by atoms with Gasteiger partial charge in [-0.05, 0) is 43.7 Å². The molecule has 1 aliphatic carbocycles. The summed E-state index contributed by atoms with van der Waals surface area (Å²) in [5.41, 5.74) is 1.14. The number of halogens is 1. The maximum atomic E-state index is 13.8. The van der Waals surface area contributed by atoms with E-state index in [1.54, 1.807) is 17.8 Å². The van der Waals surface area contributed by atoms with E-state index in [-0.39, 0.29) is 5.82 Å². The SMILES string of the molecule is CN(CCNC1CCSc2c(F)cccc21)C1CC1. The normalized spacial score (nSPS) is 22.6. The molecule has 0 saturated heterocycles. The van der Waals surface area contributed by atoms with Gasteiger partial charge in [0.25, 0.3) is 0 Å². The van der Waals surface area contributed by atoms with Crippen molar-refractivity contribution in [3.8, 4) is 0 Å². The van der Waals surface area contributed by atoms with E-state index >= 15 is 0 Å². The Kier molecular flexibility index (Phi) is 4.10. The minimum atomic E-state index is -0.0656. The van der Waals surface area contributed by atoms with Gasteiger partial charge in [-0.2, -0.15) is 0 Å². The third kappa shape index (κ3) is 3.12. The molecule has 0 spiro atoms. The predicted molar refractivity (Wildman–Crippen MR) is 78.1 cm³/mol. The first kappa shape index (κ1) is 13.4. The van der Waals surface area contributed by atoms with Crippen molar-refractivity contribution in [1.29, 1.82) is 0 Å². The summed E-state index contributed by atoms with van der Waals surface area (Å²) in [7, 11) is 2.20. The van der Waals surface area contributed by atoms with E-state index in [0.717, 1.165) is 41.8 Å². The highest BCUT2D eigenvalue weighted by Gasteiger charge is 2.26. The molecule has 1 aromatic carbocycles. The summed E-state index contributed by atoms with van der Waals surface area (Å²) in [6.45, 7) is 2.07. The number of thioether (sulfide) groups is 1. The zero-order valence-electron chi connectivity index (χ0n) is 11.4. The highest BCUT2D eigenvalue weighted by molar-refractivity contribution is 7.99. The van der Waals surface area contributed by atoms with E-state index in [9.17, 15) is 4.39 Å². The predicted octanol–water partition coefficient (Wildman–Crippen LogP) is 3.05. The topological polar surface area (TPSA) is 15.3 Å². The van der Waals surface area contributed by atoms with Crippen molar-refractivity contribution in [2.75, 3.05) is 25.9 Å². The molecule has 2 nitrogen and oxygen atoms in total. The van der Waals surface area contributed by atoms with E-state index in [1.807, 2.05) is 6.07 Å². The number of likely N-dealkylation sites (N-methyl/N-ethyl adjacent to an activating group) is 1. The summed E-state index contributed by atoms with van der Waals surface area (Å²) in [6.07, 6.45) is 3.80. The molecule has 1 heterocycles. The first-order chi connectivity index (χ1) is 9.25. The molecule has 1 fully saturated rings. The van der Waals surface area contributed by atoms with Crippen LogP contribution in [0.5, 0.6) is 0 Å². The molecule has 0 radical (unpaired) electrons. The quantitative estimate of drug-likeness (QED) is 0.892. The molecule has 1 N–H and O–H groups in total. The Labute approximate surface area is 118 Å². The van der Waals surface area contributed by atoms with Crippen molar-refractivity contribution in [3.05, 3.63) is 29.6 Å². The lowest BCUT2D eigenvalue weighted by Gasteiger charge is -2.27. The van der Waals surface area contributed by atoms with E-state index in [4.69, 9.17) is 0 Å². The molecule has 3 rings (SSSR count). The zero-order valence-corrected chi connectivity index (χ0v) is 12.2. The van der Waals surface area contributed by atoms with Gasteiger partial charge in [0.15, 0.2) is 0 Å². The molecule has 2 aliphatic rings. The van der Waals surface area contributed by atoms with Gasteiger partial charge in [-0.3, -0.25) is 0 Å². The fourth-order valence-corrected chi connectivity index (χ4v) is 3.85. The van der Waals surface area contributed by atoms with Crippen LogP contribution < -0.4 is 5.32 Å². The number of nitrogens with zero attached hydrogens (tertiary/aromatic N) is 1. The lowest BCUT2D eigenvalue weighted by molar-refractivity contribution is 0.313. The summed E-state index contributed by atoms with van der Waals surface area (Å²) < 4.78 is 13.8. The Morgan fingerprint density at radius 1 is 1.37 bits per heavy atom. The maximum Gasteiger partial charge on any atom is 0.137 e. The van der Waals surface area contributed by atoms with Crippen LogP contribution >= 0.6 is 11.8 Å². The molecule has 104 valence electrons. The maximum absolute atomic E-state index is 13.8. The summed E-state index contributed by atoms with van der Waals surface area (Å²) in [5, 5.41) is 3.60. The number of nitrogens with one attached hydrogen (secondary N) is 1. The molecular formula is C15H21FN2S. The van der Waals surface area contributed by atoms with Crippen LogP contribution in [0.15, 0.2) is 23.1 Å². The van der Waals surface area contributed by atoms with Crippen LogP contribution in [0.1, 0.15) is 30.9 Å². The molecular weight excluding hydrogens is 259 g/mol. The Bertz CT molecular complexity index is 448. The van der Waals surface area contributed by atoms with E-state index in [2.05, 4.69) is 23.3 Å². The van der Waals surface area contributed by atoms with Gasteiger partial charge in [0.05, 0.1) is 0 Å². The van der Waals surface area contributed by atoms with Gasteiger partial charge in [0.1, 0.15) is 5.82 Å². The zero-order chi connectivity index (χ0) is 13.2. The Morgan fingerprint density at radius 3 is 3.00 bits per heavy atom. The van der Waals surface area contributed by atoms with Crippen molar-refractivity contribution < 1.29 is 4.39 Å². The van der Waals surface area contributed by atoms with Crippen molar-refractivity contribution in [3.63, 3.8) is 0 Å². The second-order valence-corrected chi connectivity index (χ2v) is 6.62. The average molecular weight is 280 g/mol. The molecule has 1 unspecified atom stereocenters. The molecule has 1 aliphatic heterocycles. The monoisotopic (exact) mass is 280 g/mol. The van der Waals surface area contributed by atoms with Crippen LogP contribution in [-0.4, -0.2) is 36.8 Å². The van der Waals surface area contributed by atoms with Gasteiger partial charge < -0.3 is 10.2 Å². The number of benzene rings is 1. The first-order valence-corrected chi connectivity index (χ1v) is 8.09. The van der Waals surface area contributed by atoms with Crippen molar-refractivity contribution in [2.45, 2.75) is 36.2 Å². The van der Waals surface area contributed by atoms with Crippen molar-refractivity contribution in [2.24, 2.45) is 0 Å². The standard InChI is InChI=1S/C15H21FN2S/c1-18(11-5-6-11)9-8-17-14-7-10-19-15-12(14)3-2-4-13(15)16/h2-4,11,14,17H,5-10H2,1H3. The van der Waals surface area contributed by atoms with Gasteiger partial charge in [0.2, 0.25) is 0 Å². The lowest BCUT2D eigenvalue weighted by Crippen LogP contribution is -2.33. The van der Waals surface area contributed by atoms with Crippen molar-refractivity contribution in [1.82, 2.24) is 10.2 Å². The van der Waals surface area contributed by atoms with Crippen LogP contribution in [0.3, 0.4) is 0 Å². The fraction of sp³-hybridized carbons (Fsp3) is 0.600. The van der Waals surface area contributed by atoms with Crippen LogP contribution in [0, 0.1) is 5.82 Å². The van der Waals surface area contributed by atoms with Gasteiger partial charge in [-0.1, -0.05) is 12.1 Å². The minimum absolute atomic E-state index is 0.0656. The summed E-state index contributed by atoms with van der Waals surface area (Å²) in [4.78, 5) is 3.28. The highest BCUT2D eigenvalue weighted by atomic mass is 32.2. The molecule has 0 amide bonds. The van der Waals surface area contributed by atoms with Crippen LogP contribution in [-0.2, 0) is 0 Å². The largest absolute Gasteiger partial charge is 0.309 e. The van der Waals surface area contributed by atoms with E-state index in [0.29, 0.717) is 6.04 Å². The Morgan fingerprint density at radius 2 is 2.21 bits per heavy atom. The third-order valence-corrected chi connectivity index (χ3v) is 5.21. The Balaban J connectivity index is 1.58. The number of rotatable bonds is 5. The van der Waals surface area contributed by atoms with Gasteiger partial charge in [-0.25, -0.2) is 4.39 Å². The highest BCUT2D eigenvalue weighted by Crippen LogP contribution is 2.37. The van der Waals surface area contributed by atoms with Crippen LogP contribution in [0.4, 0.5) is 4.39 Å². The Hall–Kier alpha value is -0.580. The van der Waals surface area contributed by atoms with Crippen LogP contribution in [0.2, 0.25) is 0 Å². The molecule has 0 aromatic heterocycles. The summed E-state index contributed by atoms with van der Waals surface area (Å²) in [6, 6.07) is 6.58. The molecule has 1 atom stereocenters. The lowest BCUT2D eigenvalue weighted by atomic mass is 10.0. The number of hydrogen-bond acceptors (Lipinski definition) is 3. The first-order valence-electron chi connectivity index (χ1n) is 7.10. The van der Waals surface area contributed by atoms with Crippen molar-refractivity contribution >= 4 is 11.8 Å². The smallest absolute Gasteiger partial charge is 0.137 e. The minimum Gasteiger partial charge on any atom is -0.309 e. The fourth-order valence-electron chi connectivity index (χ4n) is 2.71. The molecule has 1 aromatic rings. The second kappa shape index (κ2) is 5.81. The number of hydrogen-bond donors (Lipinski definition) is 1. The van der Waals surface area contributed by atoms with Gasteiger partial charge in [0, 0.05) is 30.1 Å². The second-order valence-electron chi connectivity index (χ2n) is 5.51. The summed E-state index contributed by atoms with van der Waals surface area (Å²) >= 11 is 1.65. The molecule has 19 heavy (non-hydrogen) atoms. The van der Waals surface area contributed by atoms with Gasteiger partial charge in [-0.15, -0.1) is 11.8 Å². The third-order valence-electron chi connectivity index (χ3n) is 4.05. The van der Waals surface area contributed by atoms with Gasteiger partial charge >= 0.3 is 0 Å².